The second-order valence-electron chi connectivity index (χ2n) is 3.30. The van der Waals surface area contributed by atoms with Crippen LogP contribution in [0.3, 0.4) is 0 Å². The second kappa shape index (κ2) is 7.43. The average molecular weight is 238 g/mol. The molecule has 1 rings (SSSR count). The molecule has 0 spiro atoms. The SMILES string of the molecule is CCNC(=O)CCNc1cc(OCC)ncn1. The molecule has 1 heterocycles. The minimum absolute atomic E-state index is 0.0269. The molecule has 1 amide bonds. The molecule has 1 aromatic rings. The number of amides is 1. The highest BCUT2D eigenvalue weighted by atomic mass is 16.5. The van der Waals surface area contributed by atoms with E-state index in [1.165, 1.54) is 6.33 Å². The van der Waals surface area contributed by atoms with E-state index in [1.54, 1.807) is 6.07 Å². The third kappa shape index (κ3) is 5.14. The van der Waals surface area contributed by atoms with Crippen molar-refractivity contribution in [2.75, 3.05) is 25.0 Å². The van der Waals surface area contributed by atoms with Crippen LogP contribution >= 0.6 is 0 Å². The Morgan fingerprint density at radius 1 is 1.41 bits per heavy atom. The summed E-state index contributed by atoms with van der Waals surface area (Å²) in [6, 6.07) is 1.71. The average Bonchev–Trinajstić information content (AvgIpc) is 2.30. The molecule has 94 valence electrons. The van der Waals surface area contributed by atoms with E-state index in [2.05, 4.69) is 20.6 Å². The molecule has 0 aliphatic rings. The van der Waals surface area contributed by atoms with Gasteiger partial charge >= 0.3 is 0 Å². The fourth-order valence-electron chi connectivity index (χ4n) is 1.25. The van der Waals surface area contributed by atoms with Crippen molar-refractivity contribution in [3.05, 3.63) is 12.4 Å². The van der Waals surface area contributed by atoms with Gasteiger partial charge in [-0.2, -0.15) is 0 Å². The number of nitrogens with one attached hydrogen (secondary N) is 2. The maximum atomic E-state index is 11.2. The Bertz CT molecular complexity index is 357. The first-order chi connectivity index (χ1) is 8.26. The van der Waals surface area contributed by atoms with Crippen LogP contribution < -0.4 is 15.4 Å². The summed E-state index contributed by atoms with van der Waals surface area (Å²) in [6.07, 6.45) is 1.85. The van der Waals surface area contributed by atoms with Crippen LogP contribution in [0.1, 0.15) is 20.3 Å². The molecular formula is C11H18N4O2. The smallest absolute Gasteiger partial charge is 0.221 e. The minimum Gasteiger partial charge on any atom is -0.478 e. The molecule has 6 nitrogen and oxygen atoms in total. The molecular weight excluding hydrogens is 220 g/mol. The monoisotopic (exact) mass is 238 g/mol. The Balaban J connectivity index is 2.35. The van der Waals surface area contributed by atoms with Crippen LogP contribution in [0.25, 0.3) is 0 Å². The summed E-state index contributed by atoms with van der Waals surface area (Å²) in [4.78, 5) is 19.2. The Morgan fingerprint density at radius 3 is 2.94 bits per heavy atom. The number of carbonyl (C=O) groups is 1. The fourth-order valence-corrected chi connectivity index (χ4v) is 1.25. The van der Waals surface area contributed by atoms with Gasteiger partial charge in [0.15, 0.2) is 0 Å². The zero-order valence-corrected chi connectivity index (χ0v) is 10.2. The highest BCUT2D eigenvalue weighted by molar-refractivity contribution is 5.76. The highest BCUT2D eigenvalue weighted by Gasteiger charge is 2.01. The van der Waals surface area contributed by atoms with E-state index in [-0.39, 0.29) is 5.91 Å². The maximum Gasteiger partial charge on any atom is 0.221 e. The number of hydrogen-bond acceptors (Lipinski definition) is 5. The summed E-state index contributed by atoms with van der Waals surface area (Å²) in [6.45, 7) is 5.54. The molecule has 0 aromatic carbocycles. The van der Waals surface area contributed by atoms with E-state index in [9.17, 15) is 4.79 Å². The standard InChI is InChI=1S/C11H18N4O2/c1-3-12-10(16)5-6-13-9-7-11(17-4-2)15-8-14-9/h7-8H,3-6H2,1-2H3,(H,12,16)(H,13,14,15). The lowest BCUT2D eigenvalue weighted by Gasteiger charge is -2.07. The lowest BCUT2D eigenvalue weighted by molar-refractivity contribution is -0.120. The molecule has 0 aliphatic heterocycles. The Morgan fingerprint density at radius 2 is 2.24 bits per heavy atom. The van der Waals surface area contributed by atoms with E-state index in [1.807, 2.05) is 13.8 Å². The summed E-state index contributed by atoms with van der Waals surface area (Å²) in [5.41, 5.74) is 0. The summed E-state index contributed by atoms with van der Waals surface area (Å²) < 4.78 is 5.24. The van der Waals surface area contributed by atoms with Crippen LogP contribution in [0.4, 0.5) is 5.82 Å². The van der Waals surface area contributed by atoms with Gasteiger partial charge in [0.05, 0.1) is 6.61 Å². The fraction of sp³-hybridized carbons (Fsp3) is 0.545. The van der Waals surface area contributed by atoms with Gasteiger partial charge in [-0.3, -0.25) is 4.79 Å². The minimum atomic E-state index is 0.0269. The lowest BCUT2D eigenvalue weighted by Crippen LogP contribution is -2.24. The second-order valence-corrected chi connectivity index (χ2v) is 3.30. The van der Waals surface area contributed by atoms with E-state index < -0.39 is 0 Å². The van der Waals surface area contributed by atoms with Crippen LogP contribution in [0.2, 0.25) is 0 Å². The highest BCUT2D eigenvalue weighted by Crippen LogP contribution is 2.10. The third-order valence-electron chi connectivity index (χ3n) is 1.97. The topological polar surface area (TPSA) is 76.1 Å². The first-order valence-corrected chi connectivity index (χ1v) is 5.71. The number of nitrogens with zero attached hydrogens (tertiary/aromatic N) is 2. The van der Waals surface area contributed by atoms with Crippen molar-refractivity contribution in [1.29, 1.82) is 0 Å². The Kier molecular flexibility index (Phi) is 5.77. The number of carbonyl (C=O) groups excluding carboxylic acids is 1. The van der Waals surface area contributed by atoms with Crippen molar-refractivity contribution in [3.63, 3.8) is 0 Å². The van der Waals surface area contributed by atoms with Gasteiger partial charge in [0.1, 0.15) is 12.1 Å². The van der Waals surface area contributed by atoms with Gasteiger partial charge in [-0.15, -0.1) is 0 Å². The Hall–Kier alpha value is -1.85. The van der Waals surface area contributed by atoms with Crippen molar-refractivity contribution in [3.8, 4) is 5.88 Å². The van der Waals surface area contributed by atoms with Crippen LogP contribution in [0, 0.1) is 0 Å². The van der Waals surface area contributed by atoms with E-state index >= 15 is 0 Å². The Labute approximate surface area is 101 Å². The number of hydrogen-bond donors (Lipinski definition) is 2. The molecule has 6 heteroatoms. The van der Waals surface area contributed by atoms with Crippen LogP contribution in [-0.2, 0) is 4.79 Å². The van der Waals surface area contributed by atoms with Crippen molar-refractivity contribution < 1.29 is 9.53 Å². The predicted molar refractivity (Wildman–Crippen MR) is 65.0 cm³/mol. The molecule has 0 saturated carbocycles. The first-order valence-electron chi connectivity index (χ1n) is 5.71. The summed E-state index contributed by atoms with van der Waals surface area (Å²) in [7, 11) is 0. The molecule has 0 saturated heterocycles. The van der Waals surface area contributed by atoms with Gasteiger partial charge < -0.3 is 15.4 Å². The number of ether oxygens (including phenoxy) is 1. The molecule has 0 aliphatic carbocycles. The van der Waals surface area contributed by atoms with Gasteiger partial charge in [0, 0.05) is 25.6 Å². The van der Waals surface area contributed by atoms with E-state index in [0.29, 0.717) is 37.8 Å². The van der Waals surface area contributed by atoms with Crippen LogP contribution in [0.5, 0.6) is 5.88 Å². The molecule has 2 N–H and O–H groups in total. The van der Waals surface area contributed by atoms with Gasteiger partial charge in [0.2, 0.25) is 11.8 Å². The summed E-state index contributed by atoms with van der Waals surface area (Å²) in [5.74, 6) is 1.22. The maximum absolute atomic E-state index is 11.2. The van der Waals surface area contributed by atoms with Crippen LogP contribution in [0.15, 0.2) is 12.4 Å². The largest absolute Gasteiger partial charge is 0.478 e. The van der Waals surface area contributed by atoms with E-state index in [0.717, 1.165) is 0 Å². The van der Waals surface area contributed by atoms with Crippen molar-refractivity contribution >= 4 is 11.7 Å². The lowest BCUT2D eigenvalue weighted by atomic mass is 10.4. The van der Waals surface area contributed by atoms with Crippen molar-refractivity contribution in [2.45, 2.75) is 20.3 Å². The number of rotatable bonds is 7. The molecule has 1 aromatic heterocycles. The third-order valence-corrected chi connectivity index (χ3v) is 1.97. The van der Waals surface area contributed by atoms with Crippen molar-refractivity contribution in [1.82, 2.24) is 15.3 Å². The molecule has 0 atom stereocenters. The molecule has 0 fully saturated rings. The summed E-state index contributed by atoms with van der Waals surface area (Å²) >= 11 is 0. The first kappa shape index (κ1) is 13.2. The van der Waals surface area contributed by atoms with E-state index in [4.69, 9.17) is 4.74 Å². The van der Waals surface area contributed by atoms with Gasteiger partial charge in [-0.1, -0.05) is 0 Å². The number of aromatic nitrogens is 2. The van der Waals surface area contributed by atoms with Gasteiger partial charge in [-0.25, -0.2) is 9.97 Å². The predicted octanol–water partition coefficient (Wildman–Crippen LogP) is 0.813. The van der Waals surface area contributed by atoms with Crippen LogP contribution in [-0.4, -0.2) is 35.6 Å². The zero-order valence-electron chi connectivity index (χ0n) is 10.2. The molecule has 0 unspecified atom stereocenters. The molecule has 17 heavy (non-hydrogen) atoms. The summed E-state index contributed by atoms with van der Waals surface area (Å²) in [5, 5.41) is 5.77. The van der Waals surface area contributed by atoms with Crippen molar-refractivity contribution in [2.24, 2.45) is 0 Å². The van der Waals surface area contributed by atoms with Gasteiger partial charge in [0.25, 0.3) is 0 Å². The molecule has 0 bridgehead atoms. The quantitative estimate of drug-likeness (QED) is 0.735. The van der Waals surface area contributed by atoms with Gasteiger partial charge in [-0.05, 0) is 13.8 Å². The number of anilines is 1. The normalized spacial score (nSPS) is 9.76. The zero-order chi connectivity index (χ0) is 12.5. The molecule has 0 radical (unpaired) electrons.